The van der Waals surface area contributed by atoms with E-state index in [1.807, 2.05) is 0 Å². The van der Waals surface area contributed by atoms with Crippen LogP contribution in [0, 0.1) is 5.82 Å². The summed E-state index contributed by atoms with van der Waals surface area (Å²) in [6.45, 7) is 3.45. The Balaban J connectivity index is 3.02. The average Bonchev–Trinajstić information content (AvgIpc) is 2.14. The van der Waals surface area contributed by atoms with Crippen LogP contribution < -0.4 is 0 Å². The third-order valence-electron chi connectivity index (χ3n) is 1.79. The smallest absolute Gasteiger partial charge is 0.163 e. The van der Waals surface area contributed by atoms with Crippen molar-refractivity contribution in [3.8, 4) is 0 Å². The zero-order valence-corrected chi connectivity index (χ0v) is 9.16. The molecule has 0 amide bonds. The fourth-order valence-electron chi connectivity index (χ4n) is 1.18. The Morgan fingerprint density at radius 1 is 1.50 bits per heavy atom. The van der Waals surface area contributed by atoms with Gasteiger partial charge in [0.15, 0.2) is 5.78 Å². The topological polar surface area (TPSA) is 17.1 Å². The number of Topliss-reactive ketones (excluding diaryl/α,β-unsaturated/α-hetero) is 1. The van der Waals surface area contributed by atoms with Gasteiger partial charge in [0.2, 0.25) is 0 Å². The van der Waals surface area contributed by atoms with E-state index in [0.29, 0.717) is 0 Å². The van der Waals surface area contributed by atoms with Crippen LogP contribution in [0.2, 0.25) is 0 Å². The Bertz CT molecular complexity index is 336. The summed E-state index contributed by atoms with van der Waals surface area (Å²) in [7, 11) is 0. The number of carbonyl (C=O) groups is 1. The van der Waals surface area contributed by atoms with Crippen molar-refractivity contribution in [2.75, 3.05) is 5.75 Å². The van der Waals surface area contributed by atoms with Crippen LogP contribution in [-0.2, 0) is 0 Å². The summed E-state index contributed by atoms with van der Waals surface area (Å²) in [6.07, 6.45) is 1.01. The van der Waals surface area contributed by atoms with E-state index >= 15 is 0 Å². The van der Waals surface area contributed by atoms with Gasteiger partial charge in [0, 0.05) is 4.90 Å². The summed E-state index contributed by atoms with van der Waals surface area (Å²) in [6, 6.07) is 4.76. The van der Waals surface area contributed by atoms with Gasteiger partial charge in [0.05, 0.1) is 5.56 Å². The molecule has 0 fully saturated rings. The van der Waals surface area contributed by atoms with Crippen LogP contribution in [0.15, 0.2) is 23.1 Å². The molecule has 3 heteroatoms. The molecule has 0 unspecified atom stereocenters. The van der Waals surface area contributed by atoms with Crippen LogP contribution >= 0.6 is 11.8 Å². The lowest BCUT2D eigenvalue weighted by Crippen LogP contribution is -1.99. The highest BCUT2D eigenvalue weighted by Crippen LogP contribution is 2.25. The Labute approximate surface area is 87.7 Å². The lowest BCUT2D eigenvalue weighted by molar-refractivity contribution is 0.101. The quantitative estimate of drug-likeness (QED) is 0.561. The first kappa shape index (κ1) is 11.2. The van der Waals surface area contributed by atoms with Crippen LogP contribution in [0.5, 0.6) is 0 Å². The van der Waals surface area contributed by atoms with E-state index in [1.54, 1.807) is 12.1 Å². The lowest BCUT2D eigenvalue weighted by atomic mass is 10.1. The highest BCUT2D eigenvalue weighted by molar-refractivity contribution is 7.99. The second-order valence-corrected chi connectivity index (χ2v) is 4.15. The molecule has 76 valence electrons. The van der Waals surface area contributed by atoms with Crippen molar-refractivity contribution in [1.82, 2.24) is 0 Å². The predicted molar refractivity (Wildman–Crippen MR) is 57.4 cm³/mol. The summed E-state index contributed by atoms with van der Waals surface area (Å²) < 4.78 is 13.3. The number of ketones is 1. The lowest BCUT2D eigenvalue weighted by Gasteiger charge is -2.06. The van der Waals surface area contributed by atoms with Crippen molar-refractivity contribution < 1.29 is 9.18 Å². The van der Waals surface area contributed by atoms with Gasteiger partial charge < -0.3 is 0 Å². The van der Waals surface area contributed by atoms with Gasteiger partial charge >= 0.3 is 0 Å². The molecule has 0 saturated carbocycles. The molecular weight excluding hydrogens is 199 g/mol. The third kappa shape index (κ3) is 2.58. The molecular formula is C11H13FOS. The Morgan fingerprint density at radius 2 is 2.21 bits per heavy atom. The first-order valence-corrected chi connectivity index (χ1v) is 5.57. The van der Waals surface area contributed by atoms with Crippen molar-refractivity contribution in [3.05, 3.63) is 29.6 Å². The monoisotopic (exact) mass is 212 g/mol. The fraction of sp³-hybridized carbons (Fsp3) is 0.364. The number of rotatable bonds is 4. The molecule has 1 aromatic carbocycles. The van der Waals surface area contributed by atoms with Crippen molar-refractivity contribution in [2.24, 2.45) is 0 Å². The normalized spacial score (nSPS) is 10.2. The summed E-state index contributed by atoms with van der Waals surface area (Å²) in [5, 5.41) is 0. The molecule has 1 nitrogen and oxygen atoms in total. The summed E-state index contributed by atoms with van der Waals surface area (Å²) in [4.78, 5) is 11.9. The highest BCUT2D eigenvalue weighted by Gasteiger charge is 2.12. The van der Waals surface area contributed by atoms with Crippen LogP contribution in [0.4, 0.5) is 4.39 Å². The predicted octanol–water partition coefficient (Wildman–Crippen LogP) is 3.53. The summed E-state index contributed by atoms with van der Waals surface area (Å²) in [5.74, 6) is 0.282. The molecule has 14 heavy (non-hydrogen) atoms. The minimum Gasteiger partial charge on any atom is -0.294 e. The van der Waals surface area contributed by atoms with Crippen molar-refractivity contribution >= 4 is 17.5 Å². The Morgan fingerprint density at radius 3 is 2.79 bits per heavy atom. The maximum atomic E-state index is 13.3. The number of hydrogen-bond donors (Lipinski definition) is 0. The zero-order valence-electron chi connectivity index (χ0n) is 8.34. The Kier molecular flexibility index (Phi) is 4.14. The van der Waals surface area contributed by atoms with Gasteiger partial charge in [-0.05, 0) is 31.2 Å². The summed E-state index contributed by atoms with van der Waals surface area (Å²) >= 11 is 1.53. The van der Waals surface area contributed by atoms with E-state index in [9.17, 15) is 9.18 Å². The molecule has 1 rings (SSSR count). The highest BCUT2D eigenvalue weighted by atomic mass is 32.2. The molecule has 0 N–H and O–H groups in total. The molecule has 0 radical (unpaired) electrons. The van der Waals surface area contributed by atoms with Gasteiger partial charge in [-0.1, -0.05) is 13.0 Å². The minimum atomic E-state index is -0.418. The van der Waals surface area contributed by atoms with E-state index in [-0.39, 0.29) is 11.3 Å². The number of carbonyl (C=O) groups excluding carboxylic acids is 1. The van der Waals surface area contributed by atoms with E-state index in [2.05, 4.69) is 6.92 Å². The van der Waals surface area contributed by atoms with Gasteiger partial charge in [-0.25, -0.2) is 4.39 Å². The maximum Gasteiger partial charge on any atom is 0.163 e. The van der Waals surface area contributed by atoms with E-state index in [1.165, 1.54) is 24.8 Å². The van der Waals surface area contributed by atoms with Crippen molar-refractivity contribution in [3.63, 3.8) is 0 Å². The fourth-order valence-corrected chi connectivity index (χ4v) is 2.16. The number of benzene rings is 1. The number of thioether (sulfide) groups is 1. The molecule has 0 aliphatic heterocycles. The second-order valence-electron chi connectivity index (χ2n) is 3.02. The van der Waals surface area contributed by atoms with Crippen molar-refractivity contribution in [1.29, 1.82) is 0 Å². The van der Waals surface area contributed by atoms with E-state index in [0.717, 1.165) is 17.1 Å². The standard InChI is InChI=1S/C11H13FOS/c1-3-7-14-10-6-4-5-9(12)11(10)8(2)13/h4-6H,3,7H2,1-2H3. The molecule has 0 bridgehead atoms. The zero-order chi connectivity index (χ0) is 10.6. The van der Waals surface area contributed by atoms with Crippen LogP contribution in [-0.4, -0.2) is 11.5 Å². The van der Waals surface area contributed by atoms with E-state index < -0.39 is 5.82 Å². The van der Waals surface area contributed by atoms with Gasteiger partial charge in [0.25, 0.3) is 0 Å². The third-order valence-corrected chi connectivity index (χ3v) is 3.05. The number of halogens is 1. The van der Waals surface area contributed by atoms with Crippen LogP contribution in [0.1, 0.15) is 30.6 Å². The van der Waals surface area contributed by atoms with Crippen molar-refractivity contribution in [2.45, 2.75) is 25.2 Å². The first-order chi connectivity index (χ1) is 6.66. The van der Waals surface area contributed by atoms with Gasteiger partial charge in [0.1, 0.15) is 5.82 Å². The Hall–Kier alpha value is -0.830. The number of hydrogen-bond acceptors (Lipinski definition) is 2. The molecule has 0 aromatic heterocycles. The van der Waals surface area contributed by atoms with Gasteiger partial charge in [-0.2, -0.15) is 0 Å². The molecule has 0 aliphatic rings. The molecule has 0 saturated heterocycles. The van der Waals surface area contributed by atoms with Crippen LogP contribution in [0.25, 0.3) is 0 Å². The largest absolute Gasteiger partial charge is 0.294 e. The van der Waals surface area contributed by atoms with Gasteiger partial charge in [-0.15, -0.1) is 11.8 Å². The average molecular weight is 212 g/mol. The molecule has 0 heterocycles. The SMILES string of the molecule is CCCSc1cccc(F)c1C(C)=O. The summed E-state index contributed by atoms with van der Waals surface area (Å²) in [5.41, 5.74) is 0.228. The minimum absolute atomic E-state index is 0.207. The van der Waals surface area contributed by atoms with Crippen LogP contribution in [0.3, 0.4) is 0 Å². The molecule has 0 spiro atoms. The molecule has 1 aromatic rings. The molecule has 0 aliphatic carbocycles. The maximum absolute atomic E-state index is 13.3. The van der Waals surface area contributed by atoms with E-state index in [4.69, 9.17) is 0 Å². The first-order valence-electron chi connectivity index (χ1n) is 4.59. The second kappa shape index (κ2) is 5.15. The molecule has 0 atom stereocenters. The van der Waals surface area contributed by atoms with Gasteiger partial charge in [-0.3, -0.25) is 4.79 Å².